The molecule has 0 atom stereocenters. The van der Waals surface area contributed by atoms with Gasteiger partial charge < -0.3 is 19.7 Å². The van der Waals surface area contributed by atoms with Crippen molar-refractivity contribution in [1.82, 2.24) is 5.16 Å². The highest BCUT2D eigenvalue weighted by molar-refractivity contribution is 5.67. The Morgan fingerprint density at radius 1 is 1.20 bits per heavy atom. The molecule has 0 unspecified atom stereocenters. The molecule has 108 valence electrons. The second-order valence-corrected chi connectivity index (χ2v) is 4.26. The van der Waals surface area contributed by atoms with Gasteiger partial charge in [0.2, 0.25) is 0 Å². The zero-order chi connectivity index (χ0) is 14.9. The molecule has 0 aliphatic heterocycles. The van der Waals surface area contributed by atoms with Crippen molar-refractivity contribution >= 4 is 5.82 Å². The van der Waals surface area contributed by atoms with E-state index in [2.05, 4.69) is 5.16 Å². The molecule has 2 N–H and O–H groups in total. The number of rotatable bonds is 4. The first kappa shape index (κ1) is 14.1. The van der Waals surface area contributed by atoms with E-state index < -0.39 is 5.92 Å². The summed E-state index contributed by atoms with van der Waals surface area (Å²) in [7, 11) is 2.67. The lowest BCUT2D eigenvalue weighted by atomic mass is 10.0. The smallest absolute Gasteiger partial charge is 0.274 e. The lowest BCUT2D eigenvalue weighted by Gasteiger charge is -2.18. The van der Waals surface area contributed by atoms with Crippen molar-refractivity contribution in [3.8, 4) is 22.8 Å². The minimum Gasteiger partial charge on any atom is -0.493 e. The average molecular weight is 284 g/mol. The number of aromatic nitrogens is 1. The van der Waals surface area contributed by atoms with Crippen LogP contribution in [0.15, 0.2) is 22.7 Å². The fourth-order valence-electron chi connectivity index (χ4n) is 1.86. The van der Waals surface area contributed by atoms with E-state index in [1.165, 1.54) is 32.4 Å². The van der Waals surface area contributed by atoms with Crippen molar-refractivity contribution in [2.45, 2.75) is 12.8 Å². The van der Waals surface area contributed by atoms with E-state index in [9.17, 15) is 8.78 Å². The highest BCUT2D eigenvalue weighted by Gasteiger charge is 2.31. The van der Waals surface area contributed by atoms with Crippen LogP contribution in [0.1, 0.15) is 12.5 Å². The van der Waals surface area contributed by atoms with E-state index in [4.69, 9.17) is 19.7 Å². The Labute approximate surface area is 114 Å². The molecule has 5 nitrogen and oxygen atoms in total. The van der Waals surface area contributed by atoms with Gasteiger partial charge in [0.15, 0.2) is 23.1 Å². The molecule has 7 heteroatoms. The normalized spacial score (nSPS) is 11.4. The van der Waals surface area contributed by atoms with Gasteiger partial charge in [0.1, 0.15) is 0 Å². The van der Waals surface area contributed by atoms with E-state index in [0.717, 1.165) is 6.92 Å². The molecule has 0 fully saturated rings. The molecular weight excluding hydrogens is 270 g/mol. The van der Waals surface area contributed by atoms with Crippen molar-refractivity contribution < 1.29 is 22.8 Å². The van der Waals surface area contributed by atoms with E-state index in [1.54, 1.807) is 0 Å². The van der Waals surface area contributed by atoms with Gasteiger partial charge in [-0.25, -0.2) is 8.78 Å². The first-order valence-corrected chi connectivity index (χ1v) is 5.73. The second kappa shape index (κ2) is 4.99. The summed E-state index contributed by atoms with van der Waals surface area (Å²) in [6.45, 7) is 0.781. The summed E-state index contributed by atoms with van der Waals surface area (Å²) in [5, 5.41) is 3.53. The molecule has 1 aromatic heterocycles. The molecule has 1 heterocycles. The number of nitrogens with two attached hydrogens (primary N) is 1. The first-order valence-electron chi connectivity index (χ1n) is 5.73. The van der Waals surface area contributed by atoms with Gasteiger partial charge in [0, 0.05) is 18.6 Å². The summed E-state index contributed by atoms with van der Waals surface area (Å²) < 4.78 is 42.5. The highest BCUT2D eigenvalue weighted by Crippen LogP contribution is 2.43. The Bertz CT molecular complexity index is 621. The van der Waals surface area contributed by atoms with Crippen molar-refractivity contribution in [2.24, 2.45) is 0 Å². The van der Waals surface area contributed by atoms with Crippen LogP contribution in [0.5, 0.6) is 11.5 Å². The largest absolute Gasteiger partial charge is 0.493 e. The number of halogens is 2. The predicted molar refractivity (Wildman–Crippen MR) is 69.0 cm³/mol. The van der Waals surface area contributed by atoms with Gasteiger partial charge in [-0.3, -0.25) is 0 Å². The molecule has 0 saturated heterocycles. The fraction of sp³-hybridized carbons (Fsp3) is 0.308. The van der Waals surface area contributed by atoms with Crippen LogP contribution in [0.3, 0.4) is 0 Å². The SMILES string of the molecule is COc1cc(-c2cc(N)no2)cc(C(C)(F)F)c1OC. The van der Waals surface area contributed by atoms with Crippen molar-refractivity contribution in [1.29, 1.82) is 0 Å². The maximum Gasteiger partial charge on any atom is 0.274 e. The zero-order valence-electron chi connectivity index (χ0n) is 11.2. The Balaban J connectivity index is 2.67. The zero-order valence-corrected chi connectivity index (χ0v) is 11.2. The van der Waals surface area contributed by atoms with Crippen molar-refractivity contribution in [3.63, 3.8) is 0 Å². The lowest BCUT2D eigenvalue weighted by molar-refractivity contribution is 0.0147. The number of anilines is 1. The van der Waals surface area contributed by atoms with Crippen LogP contribution in [0.2, 0.25) is 0 Å². The molecule has 2 aromatic rings. The van der Waals surface area contributed by atoms with Gasteiger partial charge in [-0.1, -0.05) is 5.16 Å². The number of benzene rings is 1. The molecule has 0 bridgehead atoms. The van der Waals surface area contributed by atoms with Gasteiger partial charge in [0.05, 0.1) is 19.8 Å². The number of nitrogens with zero attached hydrogens (tertiary/aromatic N) is 1. The maximum absolute atomic E-state index is 13.7. The first-order chi connectivity index (χ1) is 9.36. The van der Waals surface area contributed by atoms with Crippen LogP contribution in [0.4, 0.5) is 14.6 Å². The lowest BCUT2D eigenvalue weighted by Crippen LogP contribution is -2.10. The van der Waals surface area contributed by atoms with E-state index in [0.29, 0.717) is 5.56 Å². The summed E-state index contributed by atoms with van der Waals surface area (Å²) >= 11 is 0. The maximum atomic E-state index is 13.7. The summed E-state index contributed by atoms with van der Waals surface area (Å²) in [5.74, 6) is -2.50. The minimum absolute atomic E-state index is 0.0174. The second-order valence-electron chi connectivity index (χ2n) is 4.26. The number of methoxy groups -OCH3 is 2. The van der Waals surface area contributed by atoms with Gasteiger partial charge in [-0.15, -0.1) is 0 Å². The third-order valence-corrected chi connectivity index (χ3v) is 2.76. The number of alkyl halides is 2. The van der Waals surface area contributed by atoms with E-state index >= 15 is 0 Å². The molecule has 0 aliphatic carbocycles. The van der Waals surface area contributed by atoms with Crippen molar-refractivity contribution in [2.75, 3.05) is 20.0 Å². The molecular formula is C13H14F2N2O3. The van der Waals surface area contributed by atoms with E-state index in [-0.39, 0.29) is 28.6 Å². The summed E-state index contributed by atoms with van der Waals surface area (Å²) in [6, 6.07) is 4.23. The van der Waals surface area contributed by atoms with Gasteiger partial charge in [0.25, 0.3) is 5.92 Å². The Hall–Kier alpha value is -2.31. The van der Waals surface area contributed by atoms with Crippen LogP contribution in [0.25, 0.3) is 11.3 Å². The molecule has 0 radical (unpaired) electrons. The van der Waals surface area contributed by atoms with Gasteiger partial charge >= 0.3 is 0 Å². The molecule has 20 heavy (non-hydrogen) atoms. The molecule has 2 rings (SSSR count). The predicted octanol–water partition coefficient (Wildman–Crippen LogP) is 3.05. The van der Waals surface area contributed by atoms with Crippen LogP contribution < -0.4 is 15.2 Å². The topological polar surface area (TPSA) is 70.5 Å². The molecule has 0 saturated carbocycles. The quantitative estimate of drug-likeness (QED) is 0.934. The third kappa shape index (κ3) is 2.52. The highest BCUT2D eigenvalue weighted by atomic mass is 19.3. The van der Waals surface area contributed by atoms with E-state index in [1.807, 2.05) is 0 Å². The number of nitrogen functional groups attached to an aromatic ring is 1. The fourth-order valence-corrected chi connectivity index (χ4v) is 1.86. The third-order valence-electron chi connectivity index (χ3n) is 2.76. The standard InChI is InChI=1S/C13H14F2N2O3/c1-13(14,15)8-4-7(9-6-11(16)17-20-9)5-10(18-2)12(8)19-3/h4-6H,1-3H3,(H2,16,17). The monoisotopic (exact) mass is 284 g/mol. The van der Waals surface area contributed by atoms with Gasteiger partial charge in [-0.2, -0.15) is 0 Å². The van der Waals surface area contributed by atoms with Crippen LogP contribution in [0, 0.1) is 0 Å². The Morgan fingerprint density at radius 2 is 1.90 bits per heavy atom. The number of hydrogen-bond donors (Lipinski definition) is 1. The molecule has 1 aromatic carbocycles. The summed E-state index contributed by atoms with van der Waals surface area (Å²) in [6.07, 6.45) is 0. The van der Waals surface area contributed by atoms with Crippen LogP contribution >= 0.6 is 0 Å². The molecule has 0 spiro atoms. The van der Waals surface area contributed by atoms with Crippen molar-refractivity contribution in [3.05, 3.63) is 23.8 Å². The summed E-state index contributed by atoms with van der Waals surface area (Å²) in [4.78, 5) is 0. The Morgan fingerprint density at radius 3 is 2.35 bits per heavy atom. The van der Waals surface area contributed by atoms with Crippen LogP contribution in [-0.2, 0) is 5.92 Å². The van der Waals surface area contributed by atoms with Crippen LogP contribution in [-0.4, -0.2) is 19.4 Å². The molecule has 0 amide bonds. The number of ether oxygens (including phenoxy) is 2. The number of hydrogen-bond acceptors (Lipinski definition) is 5. The Kier molecular flexibility index (Phi) is 3.52. The minimum atomic E-state index is -3.10. The average Bonchev–Trinajstić information content (AvgIpc) is 2.82. The molecule has 0 aliphatic rings. The summed E-state index contributed by atoms with van der Waals surface area (Å²) in [5.41, 5.74) is 5.53. The van der Waals surface area contributed by atoms with Gasteiger partial charge in [-0.05, 0) is 12.1 Å².